The Hall–Kier alpha value is -1.34. The average Bonchev–Trinajstić information content (AvgIpc) is 2.54. The van der Waals surface area contributed by atoms with Crippen LogP contribution in [0.1, 0.15) is 0 Å². The first-order valence-corrected chi connectivity index (χ1v) is 11.1. The monoisotopic (exact) mass is 336 g/mol. The lowest BCUT2D eigenvalue weighted by atomic mass is 10.0. The Kier molecular flexibility index (Phi) is 4.03. The Morgan fingerprint density at radius 1 is 1.09 bits per heavy atom. The number of rotatable bonds is 4. The highest BCUT2D eigenvalue weighted by Gasteiger charge is 2.36. The molecule has 2 aromatic carbocycles. The van der Waals surface area contributed by atoms with Crippen LogP contribution in [-0.4, -0.2) is 26.1 Å². The molecule has 0 bridgehead atoms. The first kappa shape index (κ1) is 15.6. The second-order valence-corrected chi connectivity index (χ2v) is 10.7. The second kappa shape index (κ2) is 5.70. The Balaban J connectivity index is 2.04. The number of hydrogen-bond donors (Lipinski definition) is 0. The molecule has 2 aromatic rings. The first-order chi connectivity index (χ1) is 10.5. The molecule has 6 heteroatoms. The minimum Gasteiger partial charge on any atom is -0.439 e. The van der Waals surface area contributed by atoms with Crippen LogP contribution in [0, 0.1) is 0 Å². The van der Waals surface area contributed by atoms with Crippen LogP contribution in [-0.2, 0) is 13.7 Å². The van der Waals surface area contributed by atoms with E-state index < -0.39 is 14.7 Å². The summed E-state index contributed by atoms with van der Waals surface area (Å²) in [7, 11) is -4.41. The molecule has 1 aliphatic heterocycles. The van der Waals surface area contributed by atoms with E-state index in [4.69, 9.17) is 9.05 Å². The molecule has 0 spiro atoms. The van der Waals surface area contributed by atoms with Gasteiger partial charge >= 0.3 is 0 Å². The van der Waals surface area contributed by atoms with Gasteiger partial charge in [0.05, 0.1) is 5.30 Å². The molecule has 1 heterocycles. The van der Waals surface area contributed by atoms with Gasteiger partial charge < -0.3 is 9.05 Å². The van der Waals surface area contributed by atoms with Crippen LogP contribution < -0.4 is 9.83 Å². The van der Waals surface area contributed by atoms with Crippen LogP contribution in [0.5, 0.6) is 5.75 Å². The topological polar surface area (TPSA) is 52.6 Å². The van der Waals surface area contributed by atoms with Crippen molar-refractivity contribution in [2.24, 2.45) is 0 Å². The van der Waals surface area contributed by atoms with Gasteiger partial charge in [0.25, 0.3) is 7.37 Å². The highest BCUT2D eigenvalue weighted by molar-refractivity contribution is 7.69. The molecule has 0 aliphatic carbocycles. The molecule has 1 aliphatic rings. The molecule has 0 saturated heterocycles. The van der Waals surface area contributed by atoms with Gasteiger partial charge in [0, 0.05) is 31.7 Å². The van der Waals surface area contributed by atoms with E-state index in [9.17, 15) is 9.13 Å². The van der Waals surface area contributed by atoms with Crippen molar-refractivity contribution in [3.8, 4) is 16.9 Å². The zero-order valence-corrected chi connectivity index (χ0v) is 14.3. The molecule has 0 aromatic heterocycles. The summed E-state index contributed by atoms with van der Waals surface area (Å²) in [6.45, 7) is 1.56. The lowest BCUT2D eigenvalue weighted by molar-refractivity contribution is 0.399. The van der Waals surface area contributed by atoms with Crippen molar-refractivity contribution < 1.29 is 18.2 Å². The summed E-state index contributed by atoms with van der Waals surface area (Å²) in [5, 5.41) is 0.699. The number of benzene rings is 2. The highest BCUT2D eigenvalue weighted by atomic mass is 31.2. The van der Waals surface area contributed by atoms with Gasteiger partial charge in [-0.25, -0.2) is 0 Å². The third-order valence-electron chi connectivity index (χ3n) is 3.88. The zero-order chi connectivity index (χ0) is 15.8. The molecule has 2 atom stereocenters. The summed E-state index contributed by atoms with van der Waals surface area (Å²) in [5.74, 6) is 0.618. The number of hydrogen-bond acceptors (Lipinski definition) is 4. The maximum Gasteiger partial charge on any atom is 0.278 e. The molecule has 0 amide bonds. The van der Waals surface area contributed by atoms with Crippen LogP contribution >= 0.6 is 14.7 Å². The zero-order valence-electron chi connectivity index (χ0n) is 12.6. The Morgan fingerprint density at radius 3 is 2.45 bits per heavy atom. The van der Waals surface area contributed by atoms with Gasteiger partial charge in [-0.05, 0) is 17.7 Å². The molecule has 22 heavy (non-hydrogen) atoms. The summed E-state index contributed by atoms with van der Waals surface area (Å²) in [6.07, 6.45) is 0.442. The average molecular weight is 336 g/mol. The minimum atomic E-state index is -3.10. The molecule has 0 N–H and O–H groups in total. The van der Waals surface area contributed by atoms with Gasteiger partial charge in [0.15, 0.2) is 0 Å². The fraction of sp³-hybridized carbons (Fsp3) is 0.250. The molecular formula is C16H18O4P2. The Morgan fingerprint density at radius 2 is 1.73 bits per heavy atom. The van der Waals surface area contributed by atoms with Crippen molar-refractivity contribution in [2.75, 3.05) is 26.1 Å². The summed E-state index contributed by atoms with van der Waals surface area (Å²) in [5.41, 5.74) is 1.87. The predicted octanol–water partition coefficient (Wildman–Crippen LogP) is 4.20. The lowest BCUT2D eigenvalue weighted by Crippen LogP contribution is -2.21. The van der Waals surface area contributed by atoms with Crippen LogP contribution in [0.25, 0.3) is 11.1 Å². The molecule has 0 saturated carbocycles. The van der Waals surface area contributed by atoms with Crippen molar-refractivity contribution in [2.45, 2.75) is 0 Å². The fourth-order valence-electron chi connectivity index (χ4n) is 2.55. The lowest BCUT2D eigenvalue weighted by Gasteiger charge is -2.29. The van der Waals surface area contributed by atoms with E-state index >= 15 is 0 Å². The van der Waals surface area contributed by atoms with Crippen molar-refractivity contribution in [1.82, 2.24) is 0 Å². The smallest absolute Gasteiger partial charge is 0.278 e. The predicted molar refractivity (Wildman–Crippen MR) is 90.0 cm³/mol. The van der Waals surface area contributed by atoms with E-state index in [0.29, 0.717) is 11.1 Å². The Bertz CT molecular complexity index is 800. The number of fused-ring (bicyclic) bond motifs is 3. The third-order valence-corrected chi connectivity index (χ3v) is 8.47. The maximum absolute atomic E-state index is 13.4. The van der Waals surface area contributed by atoms with Crippen LogP contribution in [0.4, 0.5) is 0 Å². The molecule has 3 rings (SSSR count). The van der Waals surface area contributed by atoms with Gasteiger partial charge in [0.2, 0.25) is 7.37 Å². The van der Waals surface area contributed by atoms with Crippen LogP contribution in [0.3, 0.4) is 0 Å². The van der Waals surface area contributed by atoms with Gasteiger partial charge in [-0.3, -0.25) is 9.13 Å². The van der Waals surface area contributed by atoms with Crippen LogP contribution in [0.2, 0.25) is 0 Å². The standard InChI is InChI=1S/C16H18O4P2/c1-19-21(2,17)11-12-22(18)16-10-6-4-8-14(16)13-7-3-5-9-15(13)20-22/h3-10H,11-12H2,1-2H3. The SMILES string of the molecule is COP(C)(=O)CCP1(=O)Oc2ccccc2-c2ccccc21. The molecule has 116 valence electrons. The van der Waals surface area contributed by atoms with E-state index in [1.807, 2.05) is 48.5 Å². The second-order valence-electron chi connectivity index (χ2n) is 5.42. The summed E-state index contributed by atoms with van der Waals surface area (Å²) < 4.78 is 36.4. The van der Waals surface area contributed by atoms with Crippen molar-refractivity contribution in [3.05, 3.63) is 48.5 Å². The van der Waals surface area contributed by atoms with E-state index in [1.54, 1.807) is 6.66 Å². The van der Waals surface area contributed by atoms with E-state index in [-0.39, 0.29) is 12.3 Å². The molecule has 0 radical (unpaired) electrons. The van der Waals surface area contributed by atoms with Crippen molar-refractivity contribution >= 4 is 20.0 Å². The van der Waals surface area contributed by atoms with Crippen LogP contribution in [0.15, 0.2) is 48.5 Å². The van der Waals surface area contributed by atoms with E-state index in [2.05, 4.69) is 0 Å². The summed E-state index contributed by atoms with van der Waals surface area (Å²) >= 11 is 0. The van der Waals surface area contributed by atoms with Crippen molar-refractivity contribution in [1.29, 1.82) is 0 Å². The molecule has 4 nitrogen and oxygen atoms in total. The third kappa shape index (κ3) is 2.79. The number of para-hydroxylation sites is 1. The van der Waals surface area contributed by atoms with Gasteiger partial charge in [0.1, 0.15) is 5.75 Å². The van der Waals surface area contributed by atoms with Crippen molar-refractivity contribution in [3.63, 3.8) is 0 Å². The van der Waals surface area contributed by atoms with E-state index in [1.165, 1.54) is 7.11 Å². The fourth-order valence-corrected chi connectivity index (χ4v) is 7.02. The summed E-state index contributed by atoms with van der Waals surface area (Å²) in [4.78, 5) is 0. The Labute approximate surface area is 130 Å². The summed E-state index contributed by atoms with van der Waals surface area (Å²) in [6, 6.07) is 15.1. The molecule has 2 unspecified atom stereocenters. The molecule has 0 fully saturated rings. The largest absolute Gasteiger partial charge is 0.439 e. The highest BCUT2D eigenvalue weighted by Crippen LogP contribution is 2.56. The van der Waals surface area contributed by atoms with E-state index in [0.717, 1.165) is 11.1 Å². The quantitative estimate of drug-likeness (QED) is 0.785. The van der Waals surface area contributed by atoms with Gasteiger partial charge in [-0.15, -0.1) is 0 Å². The molecular weight excluding hydrogens is 318 g/mol. The normalized spacial score (nSPS) is 22.1. The van der Waals surface area contributed by atoms with Gasteiger partial charge in [-0.2, -0.15) is 0 Å². The minimum absolute atomic E-state index is 0.208. The maximum atomic E-state index is 13.4. The first-order valence-electron chi connectivity index (χ1n) is 7.05. The van der Waals surface area contributed by atoms with Gasteiger partial charge in [-0.1, -0.05) is 36.4 Å².